The minimum Gasteiger partial charge on any atom is -0.294 e. The van der Waals surface area contributed by atoms with Crippen molar-refractivity contribution in [1.82, 2.24) is 4.90 Å². The molecular formula is C14H20N2O2. The van der Waals surface area contributed by atoms with Gasteiger partial charge in [-0.25, -0.2) is 0 Å². The highest BCUT2D eigenvalue weighted by molar-refractivity contribution is 5.34. The highest BCUT2D eigenvalue weighted by atomic mass is 16.6. The van der Waals surface area contributed by atoms with Gasteiger partial charge in [0, 0.05) is 10.5 Å². The van der Waals surface area contributed by atoms with E-state index >= 15 is 0 Å². The maximum absolute atomic E-state index is 11.3. The Morgan fingerprint density at radius 2 is 2.00 bits per heavy atom. The Kier molecular flexibility index (Phi) is 3.15. The zero-order chi connectivity index (χ0) is 13.5. The zero-order valence-electron chi connectivity index (χ0n) is 11.4. The van der Waals surface area contributed by atoms with Crippen molar-refractivity contribution in [3.05, 3.63) is 45.5 Å². The zero-order valence-corrected chi connectivity index (χ0v) is 11.4. The molecule has 0 amide bonds. The lowest BCUT2D eigenvalue weighted by atomic mass is 9.79. The van der Waals surface area contributed by atoms with Crippen LogP contribution < -0.4 is 0 Å². The van der Waals surface area contributed by atoms with E-state index in [-0.39, 0.29) is 16.4 Å². The van der Waals surface area contributed by atoms with E-state index in [4.69, 9.17) is 0 Å². The van der Waals surface area contributed by atoms with E-state index in [1.807, 2.05) is 38.2 Å². The molecule has 0 aliphatic carbocycles. The average Bonchev–Trinajstić information content (AvgIpc) is 2.52. The number of likely N-dealkylation sites (N-methyl/N-ethyl adjacent to an activating group) is 1. The second-order valence-electron chi connectivity index (χ2n) is 5.72. The van der Waals surface area contributed by atoms with Crippen molar-refractivity contribution in [3.8, 4) is 0 Å². The van der Waals surface area contributed by atoms with Gasteiger partial charge in [-0.2, -0.15) is 0 Å². The lowest BCUT2D eigenvalue weighted by Gasteiger charge is -2.33. The Hall–Kier alpha value is -1.42. The summed E-state index contributed by atoms with van der Waals surface area (Å²) in [4.78, 5) is 13.3. The first kappa shape index (κ1) is 13.0. The first-order valence-electron chi connectivity index (χ1n) is 6.26. The molecule has 1 saturated heterocycles. The van der Waals surface area contributed by atoms with Gasteiger partial charge in [0.1, 0.15) is 0 Å². The van der Waals surface area contributed by atoms with Gasteiger partial charge >= 0.3 is 0 Å². The Balaban J connectivity index is 2.51. The van der Waals surface area contributed by atoms with Gasteiger partial charge < -0.3 is 0 Å². The molecule has 0 spiro atoms. The monoisotopic (exact) mass is 248 g/mol. The van der Waals surface area contributed by atoms with Crippen LogP contribution in [0.4, 0.5) is 0 Å². The number of aryl methyl sites for hydroxylation is 1. The Bertz CT molecular complexity index is 471. The van der Waals surface area contributed by atoms with Crippen molar-refractivity contribution in [1.29, 1.82) is 0 Å². The van der Waals surface area contributed by atoms with Crippen molar-refractivity contribution in [2.45, 2.75) is 38.3 Å². The van der Waals surface area contributed by atoms with Gasteiger partial charge in [0.15, 0.2) is 0 Å². The van der Waals surface area contributed by atoms with Crippen LogP contribution in [0.15, 0.2) is 24.3 Å². The van der Waals surface area contributed by atoms with Crippen LogP contribution in [-0.2, 0) is 0 Å². The molecule has 0 unspecified atom stereocenters. The van der Waals surface area contributed by atoms with E-state index in [0.29, 0.717) is 6.54 Å². The van der Waals surface area contributed by atoms with Gasteiger partial charge in [-0.05, 0) is 38.9 Å². The molecule has 0 N–H and O–H groups in total. The Morgan fingerprint density at radius 1 is 1.39 bits per heavy atom. The summed E-state index contributed by atoms with van der Waals surface area (Å²) < 4.78 is 0. The summed E-state index contributed by atoms with van der Waals surface area (Å²) >= 11 is 0. The van der Waals surface area contributed by atoms with Gasteiger partial charge in [-0.15, -0.1) is 0 Å². The highest BCUT2D eigenvalue weighted by Crippen LogP contribution is 2.43. The standard InChI is InChI=1S/C14H20N2O2/c1-10-7-5-6-8-11(10)13-12(16(17)18)9-15(4)14(13,2)3/h5-8,12-13H,9H2,1-4H3/t12-,13-/m0/s1. The van der Waals surface area contributed by atoms with Crippen molar-refractivity contribution in [3.63, 3.8) is 0 Å². The van der Waals surface area contributed by atoms with Crippen LogP contribution in [0.5, 0.6) is 0 Å². The van der Waals surface area contributed by atoms with E-state index in [0.717, 1.165) is 11.1 Å². The van der Waals surface area contributed by atoms with Crippen molar-refractivity contribution < 1.29 is 4.92 Å². The van der Waals surface area contributed by atoms with Gasteiger partial charge in [0.25, 0.3) is 0 Å². The average molecular weight is 248 g/mol. The fourth-order valence-corrected chi connectivity index (χ4v) is 3.04. The topological polar surface area (TPSA) is 46.4 Å². The van der Waals surface area contributed by atoms with E-state index in [1.54, 1.807) is 0 Å². The third kappa shape index (κ3) is 1.90. The lowest BCUT2D eigenvalue weighted by Crippen LogP contribution is -2.39. The maximum atomic E-state index is 11.3. The van der Waals surface area contributed by atoms with Crippen LogP contribution in [-0.4, -0.2) is 35.0 Å². The molecule has 4 nitrogen and oxygen atoms in total. The second kappa shape index (κ2) is 4.35. The quantitative estimate of drug-likeness (QED) is 0.596. The molecule has 1 aliphatic heterocycles. The number of rotatable bonds is 2. The largest absolute Gasteiger partial charge is 0.294 e. The first-order valence-corrected chi connectivity index (χ1v) is 6.26. The molecule has 2 rings (SSSR count). The predicted octanol–water partition coefficient (Wildman–Crippen LogP) is 2.45. The number of nitrogens with zero attached hydrogens (tertiary/aromatic N) is 2. The SMILES string of the molecule is Cc1ccccc1[C@H]1[C@@H]([N+](=O)[O-])CN(C)C1(C)C. The Morgan fingerprint density at radius 3 is 2.56 bits per heavy atom. The van der Waals surface area contributed by atoms with Gasteiger partial charge in [-0.1, -0.05) is 24.3 Å². The number of nitro groups is 1. The molecule has 1 aromatic rings. The number of hydrogen-bond donors (Lipinski definition) is 0. The summed E-state index contributed by atoms with van der Waals surface area (Å²) in [5, 5.41) is 11.3. The summed E-state index contributed by atoms with van der Waals surface area (Å²) in [5.41, 5.74) is 2.05. The predicted molar refractivity (Wildman–Crippen MR) is 71.4 cm³/mol. The van der Waals surface area contributed by atoms with Crippen LogP contribution in [0.1, 0.15) is 30.9 Å². The van der Waals surface area contributed by atoms with Crippen LogP contribution in [0.25, 0.3) is 0 Å². The summed E-state index contributed by atoms with van der Waals surface area (Å²) in [6.45, 7) is 6.72. The maximum Gasteiger partial charge on any atom is 0.234 e. The molecule has 2 atom stereocenters. The summed E-state index contributed by atoms with van der Waals surface area (Å²) in [6.07, 6.45) is 0. The third-order valence-electron chi connectivity index (χ3n) is 4.38. The highest BCUT2D eigenvalue weighted by Gasteiger charge is 2.53. The second-order valence-corrected chi connectivity index (χ2v) is 5.72. The molecule has 0 radical (unpaired) electrons. The van der Waals surface area contributed by atoms with Gasteiger partial charge in [0.05, 0.1) is 12.5 Å². The van der Waals surface area contributed by atoms with Gasteiger partial charge in [0.2, 0.25) is 6.04 Å². The molecule has 1 heterocycles. The van der Waals surface area contributed by atoms with E-state index in [1.165, 1.54) is 0 Å². The molecule has 1 fully saturated rings. The molecule has 0 bridgehead atoms. The molecule has 4 heteroatoms. The van der Waals surface area contributed by atoms with Crippen LogP contribution in [0.2, 0.25) is 0 Å². The van der Waals surface area contributed by atoms with E-state index in [2.05, 4.69) is 18.7 Å². The fourth-order valence-electron chi connectivity index (χ4n) is 3.04. The van der Waals surface area contributed by atoms with Crippen LogP contribution in [0.3, 0.4) is 0 Å². The molecule has 1 aliphatic rings. The van der Waals surface area contributed by atoms with Crippen molar-refractivity contribution in [2.24, 2.45) is 0 Å². The molecule has 18 heavy (non-hydrogen) atoms. The minimum atomic E-state index is -0.522. The van der Waals surface area contributed by atoms with Crippen molar-refractivity contribution >= 4 is 0 Å². The van der Waals surface area contributed by atoms with Crippen LogP contribution in [0, 0.1) is 17.0 Å². The third-order valence-corrected chi connectivity index (χ3v) is 4.38. The fraction of sp³-hybridized carbons (Fsp3) is 0.571. The molecular weight excluding hydrogens is 228 g/mol. The number of hydrogen-bond acceptors (Lipinski definition) is 3. The molecule has 1 aromatic carbocycles. The number of likely N-dealkylation sites (tertiary alicyclic amines) is 1. The normalized spacial score (nSPS) is 27.3. The Labute approximate surface area is 108 Å². The van der Waals surface area contributed by atoms with E-state index < -0.39 is 6.04 Å². The van der Waals surface area contributed by atoms with E-state index in [9.17, 15) is 10.1 Å². The summed E-state index contributed by atoms with van der Waals surface area (Å²) in [6, 6.07) is 7.48. The van der Waals surface area contributed by atoms with Crippen molar-refractivity contribution in [2.75, 3.05) is 13.6 Å². The summed E-state index contributed by atoms with van der Waals surface area (Å²) in [5.74, 6) is -0.0568. The molecule has 98 valence electrons. The minimum absolute atomic E-state index is 0.0568. The molecule has 0 aromatic heterocycles. The molecule has 0 saturated carbocycles. The smallest absolute Gasteiger partial charge is 0.234 e. The van der Waals surface area contributed by atoms with Crippen LogP contribution >= 0.6 is 0 Å². The first-order chi connectivity index (χ1) is 8.35. The lowest BCUT2D eigenvalue weighted by molar-refractivity contribution is -0.521. The summed E-state index contributed by atoms with van der Waals surface area (Å²) in [7, 11) is 1.97. The number of benzene rings is 1. The van der Waals surface area contributed by atoms with Gasteiger partial charge in [-0.3, -0.25) is 15.0 Å².